The summed E-state index contributed by atoms with van der Waals surface area (Å²) in [4.78, 5) is 14.6. The second-order valence-electron chi connectivity index (χ2n) is 6.33. The second-order valence-corrected chi connectivity index (χ2v) is 7.44. The van der Waals surface area contributed by atoms with E-state index in [2.05, 4.69) is 20.4 Å². The van der Waals surface area contributed by atoms with Crippen LogP contribution in [0.25, 0.3) is 0 Å². The molecule has 3 rings (SSSR count). The first-order valence-corrected chi connectivity index (χ1v) is 9.95. The van der Waals surface area contributed by atoms with E-state index in [1.165, 1.54) is 57.0 Å². The Morgan fingerprint density at radius 2 is 1.92 bits per heavy atom. The number of carbonyl (C=O) groups is 1. The zero-order chi connectivity index (χ0) is 18.2. The maximum Gasteiger partial charge on any atom is 0.256 e. The van der Waals surface area contributed by atoms with Gasteiger partial charge in [0.05, 0.1) is 0 Å². The Kier molecular flexibility index (Phi) is 6.96. The highest BCUT2D eigenvalue weighted by Crippen LogP contribution is 2.17. The molecular formula is C19H23FN4OS. The third kappa shape index (κ3) is 5.78. The van der Waals surface area contributed by atoms with E-state index in [0.29, 0.717) is 5.82 Å². The maximum absolute atomic E-state index is 13.2. The van der Waals surface area contributed by atoms with Gasteiger partial charge in [-0.3, -0.25) is 4.79 Å². The minimum absolute atomic E-state index is 0.253. The predicted octanol–water partition coefficient (Wildman–Crippen LogP) is 3.84. The number of anilines is 1. The number of hydrogen-bond donors (Lipinski definition) is 1. The molecule has 1 fully saturated rings. The van der Waals surface area contributed by atoms with Crippen LogP contribution in [0.5, 0.6) is 0 Å². The zero-order valence-corrected chi connectivity index (χ0v) is 15.5. The van der Waals surface area contributed by atoms with E-state index in [-0.39, 0.29) is 5.56 Å². The SMILES string of the molecule is O=C(Nc1ccc(SCCN2CCCCCC2)nn1)c1cccc(F)c1. The van der Waals surface area contributed by atoms with Crippen molar-refractivity contribution < 1.29 is 9.18 Å². The summed E-state index contributed by atoms with van der Waals surface area (Å²) < 4.78 is 13.2. The molecule has 1 aromatic carbocycles. The van der Waals surface area contributed by atoms with E-state index in [0.717, 1.165) is 17.3 Å². The fourth-order valence-corrected chi connectivity index (χ4v) is 3.74. The van der Waals surface area contributed by atoms with E-state index in [9.17, 15) is 9.18 Å². The summed E-state index contributed by atoms with van der Waals surface area (Å²) in [5, 5.41) is 11.7. The van der Waals surface area contributed by atoms with Crippen molar-refractivity contribution >= 4 is 23.5 Å². The summed E-state index contributed by atoms with van der Waals surface area (Å²) in [6.45, 7) is 3.44. The molecule has 0 radical (unpaired) electrons. The van der Waals surface area contributed by atoms with Crippen LogP contribution < -0.4 is 5.32 Å². The third-order valence-corrected chi connectivity index (χ3v) is 5.22. The number of hydrogen-bond acceptors (Lipinski definition) is 5. The first kappa shape index (κ1) is 18.8. The predicted molar refractivity (Wildman–Crippen MR) is 102 cm³/mol. The van der Waals surface area contributed by atoms with Crippen molar-refractivity contribution in [3.05, 3.63) is 47.8 Å². The highest BCUT2D eigenvalue weighted by atomic mass is 32.2. The van der Waals surface area contributed by atoms with Crippen LogP contribution >= 0.6 is 11.8 Å². The molecule has 0 bridgehead atoms. The van der Waals surface area contributed by atoms with Gasteiger partial charge in [-0.1, -0.05) is 18.9 Å². The summed E-state index contributed by atoms with van der Waals surface area (Å²) >= 11 is 1.67. The molecule has 1 saturated heterocycles. The number of benzene rings is 1. The first-order chi connectivity index (χ1) is 12.7. The Morgan fingerprint density at radius 3 is 2.62 bits per heavy atom. The molecule has 1 aliphatic rings. The summed E-state index contributed by atoms with van der Waals surface area (Å²) in [6.07, 6.45) is 5.28. The number of thioether (sulfide) groups is 1. The number of amides is 1. The number of rotatable bonds is 6. The lowest BCUT2D eigenvalue weighted by atomic mass is 10.2. The molecule has 1 aliphatic heterocycles. The Balaban J connectivity index is 1.46. The summed E-state index contributed by atoms with van der Waals surface area (Å²) in [5.41, 5.74) is 0.253. The molecule has 138 valence electrons. The van der Waals surface area contributed by atoms with Gasteiger partial charge in [0.25, 0.3) is 5.91 Å². The van der Waals surface area contributed by atoms with E-state index in [1.807, 2.05) is 6.07 Å². The lowest BCUT2D eigenvalue weighted by Gasteiger charge is -2.18. The lowest BCUT2D eigenvalue weighted by molar-refractivity contribution is 0.102. The van der Waals surface area contributed by atoms with Crippen molar-refractivity contribution in [2.75, 3.05) is 30.7 Å². The average molecular weight is 374 g/mol. The molecule has 1 N–H and O–H groups in total. The molecule has 2 heterocycles. The van der Waals surface area contributed by atoms with Crippen LogP contribution in [-0.4, -0.2) is 46.4 Å². The van der Waals surface area contributed by atoms with Gasteiger partial charge in [-0.2, -0.15) is 0 Å². The van der Waals surface area contributed by atoms with Gasteiger partial charge in [-0.05, 0) is 56.3 Å². The number of carbonyl (C=O) groups excluding carboxylic acids is 1. The fraction of sp³-hybridized carbons (Fsp3) is 0.421. The van der Waals surface area contributed by atoms with Crippen LogP contribution in [0.4, 0.5) is 10.2 Å². The van der Waals surface area contributed by atoms with Crippen molar-refractivity contribution in [3.8, 4) is 0 Å². The highest BCUT2D eigenvalue weighted by molar-refractivity contribution is 7.99. The second kappa shape index (κ2) is 9.64. The smallest absolute Gasteiger partial charge is 0.256 e. The maximum atomic E-state index is 13.2. The van der Waals surface area contributed by atoms with Crippen LogP contribution in [0, 0.1) is 5.82 Å². The standard InChI is InChI=1S/C19H23FN4OS/c20-16-7-5-6-15(14-16)19(25)21-17-8-9-18(23-22-17)26-13-12-24-10-3-1-2-4-11-24/h5-9,14H,1-4,10-13H2,(H,21,22,25). The summed E-state index contributed by atoms with van der Waals surface area (Å²) in [6, 6.07) is 9.11. The van der Waals surface area contributed by atoms with E-state index in [1.54, 1.807) is 23.9 Å². The first-order valence-electron chi connectivity index (χ1n) is 8.96. The topological polar surface area (TPSA) is 58.1 Å². The molecule has 7 heteroatoms. The number of likely N-dealkylation sites (tertiary alicyclic amines) is 1. The van der Waals surface area contributed by atoms with Crippen molar-refractivity contribution in [2.24, 2.45) is 0 Å². The molecule has 0 atom stereocenters. The normalized spacial score (nSPS) is 15.4. The van der Waals surface area contributed by atoms with Crippen molar-refractivity contribution in [1.82, 2.24) is 15.1 Å². The van der Waals surface area contributed by atoms with Crippen LogP contribution in [-0.2, 0) is 0 Å². The molecule has 0 saturated carbocycles. The molecular weight excluding hydrogens is 351 g/mol. The van der Waals surface area contributed by atoms with Crippen molar-refractivity contribution in [3.63, 3.8) is 0 Å². The quantitative estimate of drug-likeness (QED) is 0.779. The summed E-state index contributed by atoms with van der Waals surface area (Å²) in [5.74, 6) is 0.486. The van der Waals surface area contributed by atoms with Gasteiger partial charge in [0, 0.05) is 17.9 Å². The Bertz CT molecular complexity index is 718. The monoisotopic (exact) mass is 374 g/mol. The van der Waals surface area contributed by atoms with Gasteiger partial charge in [0.2, 0.25) is 0 Å². The van der Waals surface area contributed by atoms with Gasteiger partial charge in [0.15, 0.2) is 5.82 Å². The summed E-state index contributed by atoms with van der Waals surface area (Å²) in [7, 11) is 0. The molecule has 5 nitrogen and oxygen atoms in total. The Hall–Kier alpha value is -1.99. The molecule has 2 aromatic rings. The number of nitrogens with zero attached hydrogens (tertiary/aromatic N) is 3. The molecule has 1 amide bonds. The minimum atomic E-state index is -0.445. The third-order valence-electron chi connectivity index (χ3n) is 4.32. The average Bonchev–Trinajstić information content (AvgIpc) is 2.92. The van der Waals surface area contributed by atoms with Crippen molar-refractivity contribution in [1.29, 1.82) is 0 Å². The largest absolute Gasteiger partial charge is 0.305 e. The van der Waals surface area contributed by atoms with Crippen LogP contribution in [0.15, 0.2) is 41.4 Å². The van der Waals surface area contributed by atoms with E-state index in [4.69, 9.17) is 0 Å². The lowest BCUT2D eigenvalue weighted by Crippen LogP contribution is -2.27. The van der Waals surface area contributed by atoms with Gasteiger partial charge < -0.3 is 10.2 Å². The van der Waals surface area contributed by atoms with Crippen LogP contribution in [0.1, 0.15) is 36.0 Å². The zero-order valence-electron chi connectivity index (χ0n) is 14.7. The van der Waals surface area contributed by atoms with E-state index < -0.39 is 11.7 Å². The fourth-order valence-electron chi connectivity index (χ4n) is 2.92. The highest BCUT2D eigenvalue weighted by Gasteiger charge is 2.10. The Labute approximate surface area is 157 Å². The Morgan fingerprint density at radius 1 is 1.12 bits per heavy atom. The van der Waals surface area contributed by atoms with E-state index >= 15 is 0 Å². The molecule has 0 aliphatic carbocycles. The van der Waals surface area contributed by atoms with Gasteiger partial charge >= 0.3 is 0 Å². The van der Waals surface area contributed by atoms with Crippen molar-refractivity contribution in [2.45, 2.75) is 30.7 Å². The molecule has 0 unspecified atom stereocenters. The van der Waals surface area contributed by atoms with Crippen LogP contribution in [0.2, 0.25) is 0 Å². The molecule has 0 spiro atoms. The number of halogens is 1. The molecule has 1 aromatic heterocycles. The van der Waals surface area contributed by atoms with Crippen LogP contribution in [0.3, 0.4) is 0 Å². The van der Waals surface area contributed by atoms with Gasteiger partial charge in [0.1, 0.15) is 10.8 Å². The van der Waals surface area contributed by atoms with Gasteiger partial charge in [-0.15, -0.1) is 22.0 Å². The van der Waals surface area contributed by atoms with Gasteiger partial charge in [-0.25, -0.2) is 4.39 Å². The molecule has 26 heavy (non-hydrogen) atoms. The minimum Gasteiger partial charge on any atom is -0.305 e. The number of nitrogens with one attached hydrogen (secondary N) is 1. The number of aromatic nitrogens is 2.